The lowest BCUT2D eigenvalue weighted by Gasteiger charge is -2.39. The molecule has 9 heteroatoms. The van der Waals surface area contributed by atoms with Crippen molar-refractivity contribution in [3.63, 3.8) is 0 Å². The predicted octanol–water partition coefficient (Wildman–Crippen LogP) is 0.569. The maximum absolute atomic E-state index is 13.1. The zero-order chi connectivity index (χ0) is 20.1. The fraction of sp³-hybridized carbons (Fsp3) is 0.556. The van der Waals surface area contributed by atoms with Crippen molar-refractivity contribution in [2.24, 2.45) is 4.99 Å². The van der Waals surface area contributed by atoms with Crippen molar-refractivity contribution in [3.05, 3.63) is 35.6 Å². The Balaban J connectivity index is 1.77. The number of benzene rings is 1. The first-order valence-electron chi connectivity index (χ1n) is 8.84. The van der Waals surface area contributed by atoms with Crippen molar-refractivity contribution in [1.29, 1.82) is 0 Å². The second kappa shape index (κ2) is 8.69. The van der Waals surface area contributed by atoms with E-state index in [0.29, 0.717) is 37.7 Å². The summed E-state index contributed by atoms with van der Waals surface area (Å²) in [4.78, 5) is 18.0. The number of rotatable bonds is 5. The molecule has 1 fully saturated rings. The fourth-order valence-electron chi connectivity index (χ4n) is 2.93. The van der Waals surface area contributed by atoms with Crippen molar-refractivity contribution in [2.75, 3.05) is 39.0 Å². The number of sulfone groups is 1. The summed E-state index contributed by atoms with van der Waals surface area (Å²) >= 11 is 0. The second-order valence-corrected chi connectivity index (χ2v) is 9.87. The highest BCUT2D eigenvalue weighted by molar-refractivity contribution is 7.92. The predicted molar refractivity (Wildman–Crippen MR) is 104 cm³/mol. The Morgan fingerprint density at radius 3 is 2.63 bits per heavy atom. The average Bonchev–Trinajstić information content (AvgIpc) is 2.58. The molecule has 0 saturated carbocycles. The van der Waals surface area contributed by atoms with Crippen LogP contribution in [0.1, 0.15) is 19.4 Å². The van der Waals surface area contributed by atoms with Gasteiger partial charge in [0, 0.05) is 33.2 Å². The SMILES string of the molecule is CN=C(NCCNC(=O)Cc1cccc(F)c1)N1CCS(=O)(=O)C(C)(C)C1. The van der Waals surface area contributed by atoms with Crippen LogP contribution in [0.3, 0.4) is 0 Å². The number of nitrogens with zero attached hydrogens (tertiary/aromatic N) is 2. The van der Waals surface area contributed by atoms with Crippen molar-refractivity contribution in [1.82, 2.24) is 15.5 Å². The number of nitrogens with one attached hydrogen (secondary N) is 2. The molecular formula is C18H27FN4O3S. The summed E-state index contributed by atoms with van der Waals surface area (Å²) in [5.41, 5.74) is 0.619. The lowest BCUT2D eigenvalue weighted by Crippen LogP contribution is -2.57. The minimum atomic E-state index is -3.11. The van der Waals surface area contributed by atoms with E-state index in [1.807, 2.05) is 4.90 Å². The minimum Gasteiger partial charge on any atom is -0.354 e. The van der Waals surface area contributed by atoms with E-state index in [1.54, 1.807) is 33.0 Å². The largest absolute Gasteiger partial charge is 0.354 e. The van der Waals surface area contributed by atoms with Gasteiger partial charge in [-0.3, -0.25) is 9.79 Å². The van der Waals surface area contributed by atoms with E-state index in [4.69, 9.17) is 0 Å². The molecule has 150 valence electrons. The Morgan fingerprint density at radius 1 is 1.30 bits per heavy atom. The van der Waals surface area contributed by atoms with Crippen LogP contribution in [0.25, 0.3) is 0 Å². The van der Waals surface area contributed by atoms with E-state index < -0.39 is 14.6 Å². The van der Waals surface area contributed by atoms with E-state index in [9.17, 15) is 17.6 Å². The van der Waals surface area contributed by atoms with Crippen LogP contribution >= 0.6 is 0 Å². The third kappa shape index (κ3) is 5.66. The van der Waals surface area contributed by atoms with E-state index >= 15 is 0 Å². The van der Waals surface area contributed by atoms with Gasteiger partial charge in [-0.05, 0) is 31.5 Å². The maximum Gasteiger partial charge on any atom is 0.224 e. The molecular weight excluding hydrogens is 371 g/mol. The highest BCUT2D eigenvalue weighted by Crippen LogP contribution is 2.23. The molecule has 0 unspecified atom stereocenters. The molecule has 2 rings (SSSR count). The zero-order valence-electron chi connectivity index (χ0n) is 16.0. The van der Waals surface area contributed by atoms with Crippen LogP contribution in [-0.4, -0.2) is 68.9 Å². The molecule has 1 saturated heterocycles. The molecule has 1 aliphatic heterocycles. The summed E-state index contributed by atoms with van der Waals surface area (Å²) in [5, 5.41) is 5.91. The Bertz CT molecular complexity index is 809. The van der Waals surface area contributed by atoms with Crippen LogP contribution in [0.4, 0.5) is 4.39 Å². The fourth-order valence-corrected chi connectivity index (χ4v) is 4.29. The van der Waals surface area contributed by atoms with E-state index in [2.05, 4.69) is 15.6 Å². The van der Waals surface area contributed by atoms with Gasteiger partial charge in [-0.2, -0.15) is 0 Å². The number of amides is 1. The van der Waals surface area contributed by atoms with Gasteiger partial charge in [-0.25, -0.2) is 12.8 Å². The molecule has 0 bridgehead atoms. The summed E-state index contributed by atoms with van der Waals surface area (Å²) in [6, 6.07) is 5.95. The second-order valence-electron chi connectivity index (χ2n) is 7.13. The smallest absolute Gasteiger partial charge is 0.224 e. The summed E-state index contributed by atoms with van der Waals surface area (Å²) in [6.07, 6.45) is 0.116. The minimum absolute atomic E-state index is 0.0884. The van der Waals surface area contributed by atoms with Crippen LogP contribution in [0.2, 0.25) is 0 Å². The molecule has 27 heavy (non-hydrogen) atoms. The molecule has 0 radical (unpaired) electrons. The molecule has 1 aliphatic rings. The van der Waals surface area contributed by atoms with Crippen LogP contribution in [0.5, 0.6) is 0 Å². The number of halogens is 1. The molecule has 1 aromatic rings. The third-order valence-corrected chi connectivity index (χ3v) is 7.07. The Kier molecular flexibility index (Phi) is 6.80. The standard InChI is InChI=1S/C18H27FN4O3S/c1-18(2)13-23(9-10-27(18,25)26)17(20-3)22-8-7-21-16(24)12-14-5-4-6-15(19)11-14/h4-6,11H,7-10,12-13H2,1-3H3,(H,20,22)(H,21,24). The van der Waals surface area contributed by atoms with Gasteiger partial charge in [-0.1, -0.05) is 12.1 Å². The summed E-state index contributed by atoms with van der Waals surface area (Å²) < 4.78 is 36.5. The molecule has 0 spiro atoms. The van der Waals surface area contributed by atoms with Crippen LogP contribution < -0.4 is 10.6 Å². The van der Waals surface area contributed by atoms with Gasteiger partial charge in [0.1, 0.15) is 5.82 Å². The van der Waals surface area contributed by atoms with Gasteiger partial charge in [0.15, 0.2) is 15.8 Å². The topological polar surface area (TPSA) is 90.9 Å². The van der Waals surface area contributed by atoms with E-state index in [1.165, 1.54) is 12.1 Å². The summed E-state index contributed by atoms with van der Waals surface area (Å²) in [5.74, 6) is 0.141. The molecule has 0 atom stereocenters. The lowest BCUT2D eigenvalue weighted by molar-refractivity contribution is -0.120. The normalized spacial score (nSPS) is 18.8. The quantitative estimate of drug-likeness (QED) is 0.430. The monoisotopic (exact) mass is 398 g/mol. The van der Waals surface area contributed by atoms with Gasteiger partial charge in [0.25, 0.3) is 0 Å². The van der Waals surface area contributed by atoms with Gasteiger partial charge in [-0.15, -0.1) is 0 Å². The van der Waals surface area contributed by atoms with Crippen LogP contribution in [-0.2, 0) is 21.1 Å². The number of aliphatic imine (C=N–C) groups is 1. The molecule has 1 amide bonds. The number of hydrogen-bond donors (Lipinski definition) is 2. The Hall–Kier alpha value is -2.16. The van der Waals surface area contributed by atoms with E-state index in [0.717, 1.165) is 0 Å². The van der Waals surface area contributed by atoms with Crippen LogP contribution in [0.15, 0.2) is 29.3 Å². The Labute approximate surface area is 160 Å². The number of hydrogen-bond acceptors (Lipinski definition) is 4. The number of carbonyl (C=O) groups is 1. The van der Waals surface area contributed by atoms with Crippen LogP contribution in [0, 0.1) is 5.82 Å². The molecule has 1 heterocycles. The molecule has 0 aromatic heterocycles. The van der Waals surface area contributed by atoms with Gasteiger partial charge in [0.05, 0.1) is 16.9 Å². The summed E-state index contributed by atoms with van der Waals surface area (Å²) in [7, 11) is -1.47. The lowest BCUT2D eigenvalue weighted by atomic mass is 10.1. The third-order valence-electron chi connectivity index (χ3n) is 4.54. The van der Waals surface area contributed by atoms with Crippen molar-refractivity contribution in [2.45, 2.75) is 25.0 Å². The average molecular weight is 399 g/mol. The molecule has 0 aliphatic carbocycles. The van der Waals surface area contributed by atoms with Crippen molar-refractivity contribution < 1.29 is 17.6 Å². The first kappa shape index (κ1) is 21.1. The molecule has 7 nitrogen and oxygen atoms in total. The first-order chi connectivity index (χ1) is 12.6. The first-order valence-corrected chi connectivity index (χ1v) is 10.5. The van der Waals surface area contributed by atoms with Gasteiger partial charge >= 0.3 is 0 Å². The van der Waals surface area contributed by atoms with Crippen molar-refractivity contribution in [3.8, 4) is 0 Å². The maximum atomic E-state index is 13.1. The Morgan fingerprint density at radius 2 is 2.00 bits per heavy atom. The highest BCUT2D eigenvalue weighted by Gasteiger charge is 2.40. The zero-order valence-corrected chi connectivity index (χ0v) is 16.8. The van der Waals surface area contributed by atoms with Gasteiger partial charge in [0.2, 0.25) is 5.91 Å². The number of guanidine groups is 1. The molecule has 2 N–H and O–H groups in total. The highest BCUT2D eigenvalue weighted by atomic mass is 32.2. The molecule has 1 aromatic carbocycles. The summed E-state index contributed by atoms with van der Waals surface area (Å²) in [6.45, 7) is 5.01. The van der Waals surface area contributed by atoms with Crippen molar-refractivity contribution >= 4 is 21.7 Å². The number of carbonyl (C=O) groups excluding carboxylic acids is 1. The van der Waals surface area contributed by atoms with Gasteiger partial charge < -0.3 is 15.5 Å². The van der Waals surface area contributed by atoms with E-state index in [-0.39, 0.29) is 23.9 Å².